The van der Waals surface area contributed by atoms with Gasteiger partial charge in [0.05, 0.1) is 5.41 Å². The number of fused-ring (bicyclic) bond motifs is 7. The van der Waals surface area contributed by atoms with Crippen LogP contribution in [0.2, 0.25) is 0 Å². The van der Waals surface area contributed by atoms with Crippen molar-refractivity contribution in [1.82, 2.24) is 0 Å². The molecule has 0 radical (unpaired) electrons. The number of allylic oxidation sites excluding steroid dienone is 2. The number of carboxylic acids is 1. The maximum Gasteiger partial charge on any atom is 0.310 e. The van der Waals surface area contributed by atoms with Gasteiger partial charge >= 0.3 is 5.97 Å². The minimum absolute atomic E-state index is 0.145. The highest BCUT2D eigenvalue weighted by Gasteiger charge is 2.69. The van der Waals surface area contributed by atoms with Crippen LogP contribution in [0.25, 0.3) is 0 Å². The number of hydrogen-bond acceptors (Lipinski definition) is 1. The van der Waals surface area contributed by atoms with Crippen LogP contribution in [0, 0.1) is 62.6 Å². The van der Waals surface area contributed by atoms with Crippen LogP contribution >= 0.6 is 0 Å². The van der Waals surface area contributed by atoms with E-state index < -0.39 is 11.4 Å². The summed E-state index contributed by atoms with van der Waals surface area (Å²) in [6.07, 6.45) is 13.1. The highest BCUT2D eigenvalue weighted by atomic mass is 16.4. The molecule has 0 aromatic rings. The fourth-order valence-electron chi connectivity index (χ4n) is 11.0. The lowest BCUT2D eigenvalue weighted by molar-refractivity contribution is -0.196. The van der Waals surface area contributed by atoms with Crippen LogP contribution in [0.4, 0.5) is 0 Å². The van der Waals surface area contributed by atoms with Gasteiger partial charge in [0.2, 0.25) is 0 Å². The zero-order valence-electron chi connectivity index (χ0n) is 22.8. The molecule has 1 N–H and O–H groups in total. The average Bonchev–Trinajstić information content (AvgIpc) is 2.74. The Morgan fingerprint density at radius 1 is 0.879 bits per heavy atom. The Morgan fingerprint density at radius 3 is 2.24 bits per heavy atom. The molecule has 2 nitrogen and oxygen atoms in total. The number of carboxylic acid groups (broad SMARTS) is 1. The van der Waals surface area contributed by atoms with E-state index in [1.165, 1.54) is 32.1 Å². The summed E-state index contributed by atoms with van der Waals surface area (Å²) in [6, 6.07) is 0. The lowest BCUT2D eigenvalue weighted by Crippen LogP contribution is -2.64. The number of rotatable bonds is 1. The van der Waals surface area contributed by atoms with Crippen LogP contribution in [0.15, 0.2) is 11.6 Å². The van der Waals surface area contributed by atoms with Crippen molar-refractivity contribution in [2.24, 2.45) is 62.6 Å². The van der Waals surface area contributed by atoms with Crippen molar-refractivity contribution in [3.05, 3.63) is 11.6 Å². The van der Waals surface area contributed by atoms with Gasteiger partial charge in [0, 0.05) is 0 Å². The molecule has 5 aliphatic carbocycles. The van der Waals surface area contributed by atoms with Gasteiger partial charge in [-0.15, -0.1) is 0 Å². The molecule has 2 heteroatoms. The van der Waals surface area contributed by atoms with Crippen LogP contribution in [0.3, 0.4) is 0 Å². The largest absolute Gasteiger partial charge is 0.481 e. The van der Waals surface area contributed by atoms with Gasteiger partial charge in [-0.2, -0.15) is 0 Å². The molecule has 5 rings (SSSR count). The predicted molar refractivity (Wildman–Crippen MR) is 136 cm³/mol. The molecule has 4 saturated carbocycles. The topological polar surface area (TPSA) is 37.3 Å². The molecule has 0 aromatic carbocycles. The molecule has 0 spiro atoms. The third-order valence-corrected chi connectivity index (χ3v) is 14.0. The Balaban J connectivity index is 1.61. The molecule has 0 aliphatic heterocycles. The first kappa shape index (κ1) is 23.9. The van der Waals surface area contributed by atoms with E-state index in [1.54, 1.807) is 5.57 Å². The van der Waals surface area contributed by atoms with Crippen LogP contribution in [-0.2, 0) is 4.79 Å². The van der Waals surface area contributed by atoms with Gasteiger partial charge in [-0.05, 0) is 115 Å². The van der Waals surface area contributed by atoms with Crippen molar-refractivity contribution < 1.29 is 9.90 Å². The summed E-state index contributed by atoms with van der Waals surface area (Å²) < 4.78 is 0. The number of hydrogen-bond donors (Lipinski definition) is 1. The Bertz CT molecular complexity index is 870. The van der Waals surface area contributed by atoms with Crippen molar-refractivity contribution in [2.75, 3.05) is 0 Å². The smallest absolute Gasteiger partial charge is 0.310 e. The molecule has 0 bridgehead atoms. The van der Waals surface area contributed by atoms with E-state index in [0.29, 0.717) is 22.7 Å². The normalized spacial score (nSPS) is 55.3. The van der Waals surface area contributed by atoms with Gasteiger partial charge < -0.3 is 5.11 Å². The summed E-state index contributed by atoms with van der Waals surface area (Å²) >= 11 is 0. The van der Waals surface area contributed by atoms with Gasteiger partial charge in [0.1, 0.15) is 0 Å². The minimum Gasteiger partial charge on any atom is -0.481 e. The van der Waals surface area contributed by atoms with E-state index in [1.807, 2.05) is 0 Å². The second-order valence-corrected chi connectivity index (χ2v) is 14.9. The van der Waals surface area contributed by atoms with E-state index in [4.69, 9.17) is 0 Å². The Morgan fingerprint density at radius 2 is 1.58 bits per heavy atom. The summed E-state index contributed by atoms with van der Waals surface area (Å²) in [5, 5.41) is 10.5. The Labute approximate surface area is 203 Å². The summed E-state index contributed by atoms with van der Waals surface area (Å²) in [7, 11) is 0. The summed E-state index contributed by atoms with van der Waals surface area (Å²) in [4.78, 5) is 12.8. The zero-order chi connectivity index (χ0) is 24.2. The second kappa shape index (κ2) is 7.13. The van der Waals surface area contributed by atoms with Gasteiger partial charge in [0.25, 0.3) is 0 Å². The summed E-state index contributed by atoms with van der Waals surface area (Å²) in [5.74, 6) is 3.12. The molecule has 0 aromatic heterocycles. The van der Waals surface area contributed by atoms with E-state index in [0.717, 1.165) is 43.4 Å². The molecule has 10 atom stereocenters. The summed E-state index contributed by atoms with van der Waals surface area (Å²) in [6.45, 7) is 20.2. The second-order valence-electron chi connectivity index (χ2n) is 14.9. The van der Waals surface area contributed by atoms with Crippen LogP contribution in [0.1, 0.15) is 113 Å². The highest BCUT2D eigenvalue weighted by molar-refractivity contribution is 5.76. The molecule has 0 saturated heterocycles. The van der Waals surface area contributed by atoms with Crippen molar-refractivity contribution >= 4 is 5.97 Å². The Kier molecular flexibility index (Phi) is 5.17. The predicted octanol–water partition coefficient (Wildman–Crippen LogP) is 8.36. The van der Waals surface area contributed by atoms with E-state index >= 15 is 0 Å². The van der Waals surface area contributed by atoms with E-state index in [2.05, 4.69) is 61.5 Å². The third kappa shape index (κ3) is 2.76. The van der Waals surface area contributed by atoms with Gasteiger partial charge in [-0.25, -0.2) is 0 Å². The van der Waals surface area contributed by atoms with Crippen molar-refractivity contribution in [1.29, 1.82) is 0 Å². The van der Waals surface area contributed by atoms with Gasteiger partial charge in [-0.1, -0.05) is 67.0 Å². The van der Waals surface area contributed by atoms with E-state index in [9.17, 15) is 9.90 Å². The molecule has 186 valence electrons. The number of carbonyl (C=O) groups is 1. The molecule has 4 fully saturated rings. The molecular weight excluding hydrogens is 404 g/mol. The molecule has 0 amide bonds. The van der Waals surface area contributed by atoms with Gasteiger partial charge in [-0.3, -0.25) is 4.79 Å². The van der Waals surface area contributed by atoms with Crippen LogP contribution in [-0.4, -0.2) is 11.1 Å². The molecule has 5 aliphatic rings. The van der Waals surface area contributed by atoms with Crippen LogP contribution < -0.4 is 0 Å². The summed E-state index contributed by atoms with van der Waals surface area (Å²) in [5.41, 5.74) is 2.29. The maximum absolute atomic E-state index is 12.8. The van der Waals surface area contributed by atoms with Crippen molar-refractivity contribution in [3.63, 3.8) is 0 Å². The third-order valence-electron chi connectivity index (χ3n) is 14.0. The zero-order valence-corrected chi connectivity index (χ0v) is 22.8. The lowest BCUT2D eigenvalue weighted by atomic mass is 9.33. The van der Waals surface area contributed by atoms with Crippen molar-refractivity contribution in [3.8, 4) is 0 Å². The SMILES string of the molecule is CC1[C@H](C)CC[C@]2(C(=O)O)CC[C@]3(C)C(=CC[C@H]4C3(C)CC[C@H]3C(C)(C)C(C)CC[C@@]34C)[C@H]12. The molecule has 33 heavy (non-hydrogen) atoms. The standard InChI is InChI=1S/C31H50O2/c1-19-11-16-31(26(32)33)18-17-29(7)22(25(31)21(19)3)9-10-24-28(6)14-12-20(2)27(4,5)23(28)13-15-30(24,29)8/h9,19-21,23-25H,10-18H2,1-8H3,(H,32,33)/t19-,20?,21?,23+,24-,25+,28+,29-,30?,31+/m1/s1. The molecule has 3 unspecified atom stereocenters. The average molecular weight is 455 g/mol. The first-order valence-electron chi connectivity index (χ1n) is 14.2. The highest BCUT2D eigenvalue weighted by Crippen LogP contribution is 2.76. The fraction of sp³-hybridized carbons (Fsp3) is 0.903. The Hall–Kier alpha value is -0.790. The molecular formula is C31H50O2. The van der Waals surface area contributed by atoms with Gasteiger partial charge in [0.15, 0.2) is 0 Å². The van der Waals surface area contributed by atoms with E-state index in [-0.39, 0.29) is 16.7 Å². The van der Waals surface area contributed by atoms with Crippen molar-refractivity contribution in [2.45, 2.75) is 113 Å². The molecule has 0 heterocycles. The number of aliphatic carboxylic acids is 1. The minimum atomic E-state index is -0.524. The first-order valence-corrected chi connectivity index (χ1v) is 14.2. The first-order chi connectivity index (χ1) is 15.3. The lowest BCUT2D eigenvalue weighted by Gasteiger charge is -2.71. The maximum atomic E-state index is 12.8. The monoisotopic (exact) mass is 454 g/mol. The fourth-order valence-corrected chi connectivity index (χ4v) is 11.0. The quantitative estimate of drug-likeness (QED) is 0.404. The van der Waals surface area contributed by atoms with Crippen LogP contribution in [0.5, 0.6) is 0 Å².